The fourth-order valence-electron chi connectivity index (χ4n) is 2.31. The van der Waals surface area contributed by atoms with Crippen molar-refractivity contribution in [2.24, 2.45) is 5.73 Å². The number of hydrogen-bond acceptors (Lipinski definition) is 1. The fraction of sp³-hybridized carbons (Fsp3) is 0.0526. The first-order valence-electron chi connectivity index (χ1n) is 6.80. The second-order valence-electron chi connectivity index (χ2n) is 4.90. The normalized spacial score (nSPS) is 12.8. The molecule has 0 bridgehead atoms. The summed E-state index contributed by atoms with van der Waals surface area (Å²) in [5.74, 6) is 0. The minimum Gasteiger partial charge on any atom is -0.321 e. The Labute approximate surface area is 119 Å². The fourth-order valence-corrected chi connectivity index (χ4v) is 2.31. The van der Waals surface area contributed by atoms with Gasteiger partial charge in [0.1, 0.15) is 0 Å². The number of hydrogen-bond donors (Lipinski definition) is 1. The lowest BCUT2D eigenvalue weighted by atomic mass is 10.0. The molecule has 0 saturated carbocycles. The molecule has 3 aromatic rings. The molecule has 3 aromatic carbocycles. The molecule has 3 rings (SSSR count). The van der Waals surface area contributed by atoms with Crippen LogP contribution >= 0.6 is 0 Å². The van der Waals surface area contributed by atoms with Crippen LogP contribution in [0.1, 0.15) is 17.2 Å². The van der Waals surface area contributed by atoms with Crippen LogP contribution < -0.4 is 5.73 Å². The smallest absolute Gasteiger partial charge is 0.0484 e. The van der Waals surface area contributed by atoms with Gasteiger partial charge < -0.3 is 5.73 Å². The zero-order chi connectivity index (χ0) is 13.8. The molecule has 0 aromatic heterocycles. The van der Waals surface area contributed by atoms with Crippen molar-refractivity contribution in [2.75, 3.05) is 0 Å². The summed E-state index contributed by atoms with van der Waals surface area (Å²) in [4.78, 5) is 0. The van der Waals surface area contributed by atoms with E-state index >= 15 is 0 Å². The molecule has 1 nitrogen and oxygen atoms in total. The Morgan fingerprint density at radius 1 is 0.750 bits per heavy atom. The first-order valence-corrected chi connectivity index (χ1v) is 6.80. The van der Waals surface area contributed by atoms with E-state index in [4.69, 9.17) is 5.73 Å². The minimum atomic E-state index is -0.0670. The lowest BCUT2D eigenvalue weighted by Crippen LogP contribution is -2.06. The predicted molar refractivity (Wildman–Crippen MR) is 86.4 cm³/mol. The van der Waals surface area contributed by atoms with Crippen molar-refractivity contribution < 1.29 is 0 Å². The highest BCUT2D eigenvalue weighted by Gasteiger charge is 2.00. The summed E-state index contributed by atoms with van der Waals surface area (Å²) in [6, 6.07) is 24.9. The van der Waals surface area contributed by atoms with E-state index in [1.54, 1.807) is 0 Å². The molecule has 0 aliphatic carbocycles. The highest BCUT2D eigenvalue weighted by Crippen LogP contribution is 2.18. The summed E-state index contributed by atoms with van der Waals surface area (Å²) >= 11 is 0. The SMILES string of the molecule is NC(/C=C/c1ccc2ccccc2c1)c1ccccc1. The Morgan fingerprint density at radius 3 is 2.25 bits per heavy atom. The summed E-state index contributed by atoms with van der Waals surface area (Å²) in [7, 11) is 0. The van der Waals surface area contributed by atoms with E-state index in [9.17, 15) is 0 Å². The second kappa shape index (κ2) is 5.72. The molecule has 1 atom stereocenters. The van der Waals surface area contributed by atoms with Crippen LogP contribution in [0.15, 0.2) is 78.9 Å². The summed E-state index contributed by atoms with van der Waals surface area (Å²) in [5, 5.41) is 2.51. The van der Waals surface area contributed by atoms with Crippen molar-refractivity contribution in [3.05, 3.63) is 90.0 Å². The van der Waals surface area contributed by atoms with Gasteiger partial charge in [0.25, 0.3) is 0 Å². The van der Waals surface area contributed by atoms with E-state index in [1.807, 2.05) is 24.3 Å². The van der Waals surface area contributed by atoms with Crippen molar-refractivity contribution >= 4 is 16.8 Å². The highest BCUT2D eigenvalue weighted by atomic mass is 14.6. The van der Waals surface area contributed by atoms with Crippen molar-refractivity contribution in [1.82, 2.24) is 0 Å². The van der Waals surface area contributed by atoms with Gasteiger partial charge >= 0.3 is 0 Å². The Morgan fingerprint density at radius 2 is 1.45 bits per heavy atom. The zero-order valence-corrected chi connectivity index (χ0v) is 11.2. The minimum absolute atomic E-state index is 0.0670. The van der Waals surface area contributed by atoms with Gasteiger partial charge in [-0.25, -0.2) is 0 Å². The summed E-state index contributed by atoms with van der Waals surface area (Å²) in [5.41, 5.74) is 8.47. The number of nitrogens with two attached hydrogens (primary N) is 1. The standard InChI is InChI=1S/C19H17N/c20-19(17-7-2-1-3-8-17)13-11-15-10-12-16-6-4-5-9-18(16)14-15/h1-14,19H,20H2/b13-11+. The van der Waals surface area contributed by atoms with E-state index in [1.165, 1.54) is 16.3 Å². The molecule has 0 radical (unpaired) electrons. The van der Waals surface area contributed by atoms with Crippen LogP contribution in [0.2, 0.25) is 0 Å². The lowest BCUT2D eigenvalue weighted by Gasteiger charge is -2.06. The van der Waals surface area contributed by atoms with Crippen LogP contribution in [0, 0.1) is 0 Å². The molecule has 1 unspecified atom stereocenters. The third-order valence-corrected chi connectivity index (χ3v) is 3.45. The summed E-state index contributed by atoms with van der Waals surface area (Å²) < 4.78 is 0. The summed E-state index contributed by atoms with van der Waals surface area (Å²) in [6.07, 6.45) is 4.13. The zero-order valence-electron chi connectivity index (χ0n) is 11.2. The van der Waals surface area contributed by atoms with E-state index in [2.05, 4.69) is 60.7 Å². The Bertz CT molecular complexity index is 729. The summed E-state index contributed by atoms with van der Waals surface area (Å²) in [6.45, 7) is 0. The Balaban J connectivity index is 1.83. The molecule has 0 heterocycles. The molecular weight excluding hydrogens is 242 g/mol. The Kier molecular flexibility index (Phi) is 3.62. The molecule has 0 aliphatic rings. The van der Waals surface area contributed by atoms with Gasteiger partial charge in [-0.05, 0) is 28.0 Å². The quantitative estimate of drug-likeness (QED) is 0.733. The molecule has 0 fully saturated rings. The molecule has 98 valence electrons. The van der Waals surface area contributed by atoms with Crippen molar-refractivity contribution in [1.29, 1.82) is 0 Å². The molecular formula is C19H17N. The average molecular weight is 259 g/mol. The third kappa shape index (κ3) is 2.79. The lowest BCUT2D eigenvalue weighted by molar-refractivity contribution is 0.916. The van der Waals surface area contributed by atoms with Gasteiger partial charge in [-0.1, -0.05) is 78.9 Å². The largest absolute Gasteiger partial charge is 0.321 e. The molecule has 0 spiro atoms. The molecule has 0 amide bonds. The van der Waals surface area contributed by atoms with E-state index in [0.29, 0.717) is 0 Å². The molecule has 0 aliphatic heterocycles. The van der Waals surface area contributed by atoms with Gasteiger partial charge in [0.15, 0.2) is 0 Å². The van der Waals surface area contributed by atoms with Gasteiger partial charge in [0, 0.05) is 6.04 Å². The number of fused-ring (bicyclic) bond motifs is 1. The van der Waals surface area contributed by atoms with Crippen LogP contribution in [-0.2, 0) is 0 Å². The Hall–Kier alpha value is -2.38. The number of benzene rings is 3. The van der Waals surface area contributed by atoms with Gasteiger partial charge in [0.2, 0.25) is 0 Å². The maximum atomic E-state index is 6.17. The maximum Gasteiger partial charge on any atom is 0.0484 e. The second-order valence-corrected chi connectivity index (χ2v) is 4.90. The monoisotopic (exact) mass is 259 g/mol. The van der Waals surface area contributed by atoms with Gasteiger partial charge in [-0.15, -0.1) is 0 Å². The molecule has 1 heteroatoms. The molecule has 2 N–H and O–H groups in total. The van der Waals surface area contributed by atoms with Crippen LogP contribution in [-0.4, -0.2) is 0 Å². The van der Waals surface area contributed by atoms with Crippen LogP contribution in [0.4, 0.5) is 0 Å². The van der Waals surface area contributed by atoms with Crippen LogP contribution in [0.25, 0.3) is 16.8 Å². The number of rotatable bonds is 3. The van der Waals surface area contributed by atoms with Gasteiger partial charge in [0.05, 0.1) is 0 Å². The van der Waals surface area contributed by atoms with E-state index in [0.717, 1.165) is 5.56 Å². The maximum absolute atomic E-state index is 6.17. The van der Waals surface area contributed by atoms with E-state index in [-0.39, 0.29) is 6.04 Å². The topological polar surface area (TPSA) is 26.0 Å². The van der Waals surface area contributed by atoms with Crippen molar-refractivity contribution in [3.63, 3.8) is 0 Å². The highest BCUT2D eigenvalue weighted by molar-refractivity contribution is 5.84. The first-order chi connectivity index (χ1) is 9.83. The van der Waals surface area contributed by atoms with Crippen molar-refractivity contribution in [2.45, 2.75) is 6.04 Å². The van der Waals surface area contributed by atoms with Crippen molar-refractivity contribution in [3.8, 4) is 0 Å². The first kappa shape index (κ1) is 12.6. The predicted octanol–water partition coefficient (Wildman–Crippen LogP) is 4.55. The molecule has 0 saturated heterocycles. The van der Waals surface area contributed by atoms with Gasteiger partial charge in [-0.2, -0.15) is 0 Å². The van der Waals surface area contributed by atoms with Crippen LogP contribution in [0.5, 0.6) is 0 Å². The third-order valence-electron chi connectivity index (χ3n) is 3.45. The molecule has 20 heavy (non-hydrogen) atoms. The van der Waals surface area contributed by atoms with Gasteiger partial charge in [-0.3, -0.25) is 0 Å². The van der Waals surface area contributed by atoms with Crippen LogP contribution in [0.3, 0.4) is 0 Å². The van der Waals surface area contributed by atoms with E-state index < -0.39 is 0 Å². The average Bonchev–Trinajstić information content (AvgIpc) is 2.53.